The number of anilines is 1. The van der Waals surface area contributed by atoms with Crippen LogP contribution in [0.2, 0.25) is 0 Å². The summed E-state index contributed by atoms with van der Waals surface area (Å²) in [5.41, 5.74) is 3.64. The molecule has 0 unspecified atom stereocenters. The standard InChI is InChI=1S/C20H19FN2OS2/c1-13(2)16-5-3-4-6-17(16)22-19(24)12-26-20-23-18(11-25-20)14-7-9-15(21)10-8-14/h3-11,13H,12H2,1-2H3,(H,22,24). The lowest BCUT2D eigenvalue weighted by Crippen LogP contribution is -2.15. The van der Waals surface area contributed by atoms with Gasteiger partial charge in [0.25, 0.3) is 0 Å². The number of carbonyl (C=O) groups is 1. The van der Waals surface area contributed by atoms with E-state index in [0.717, 1.165) is 26.8 Å². The smallest absolute Gasteiger partial charge is 0.234 e. The highest BCUT2D eigenvalue weighted by Crippen LogP contribution is 2.29. The quantitative estimate of drug-likeness (QED) is 0.544. The van der Waals surface area contributed by atoms with Gasteiger partial charge < -0.3 is 5.32 Å². The molecule has 0 radical (unpaired) electrons. The van der Waals surface area contributed by atoms with Crippen LogP contribution in [0.4, 0.5) is 10.1 Å². The predicted molar refractivity (Wildman–Crippen MR) is 107 cm³/mol. The molecule has 3 rings (SSSR count). The zero-order chi connectivity index (χ0) is 18.5. The minimum atomic E-state index is -0.267. The van der Waals surface area contributed by atoms with Gasteiger partial charge in [-0.05, 0) is 41.8 Å². The molecule has 0 aliphatic heterocycles. The van der Waals surface area contributed by atoms with Gasteiger partial charge in [0.1, 0.15) is 5.82 Å². The van der Waals surface area contributed by atoms with Gasteiger partial charge in [-0.15, -0.1) is 11.3 Å². The van der Waals surface area contributed by atoms with Crippen LogP contribution in [-0.4, -0.2) is 16.6 Å². The lowest BCUT2D eigenvalue weighted by Gasteiger charge is -2.13. The van der Waals surface area contributed by atoms with Gasteiger partial charge in [0.15, 0.2) is 4.34 Å². The van der Waals surface area contributed by atoms with Gasteiger partial charge in [-0.2, -0.15) is 0 Å². The molecule has 0 aliphatic carbocycles. The minimum absolute atomic E-state index is 0.0540. The van der Waals surface area contributed by atoms with Crippen molar-refractivity contribution in [2.75, 3.05) is 11.1 Å². The third kappa shape index (κ3) is 4.71. The zero-order valence-electron chi connectivity index (χ0n) is 14.5. The number of halogens is 1. The highest BCUT2D eigenvalue weighted by atomic mass is 32.2. The van der Waals surface area contributed by atoms with Crippen LogP contribution in [0.25, 0.3) is 11.3 Å². The van der Waals surface area contributed by atoms with Crippen molar-refractivity contribution in [1.82, 2.24) is 4.98 Å². The third-order valence-electron chi connectivity index (χ3n) is 3.81. The largest absolute Gasteiger partial charge is 0.325 e. The van der Waals surface area contributed by atoms with Crippen LogP contribution >= 0.6 is 23.1 Å². The summed E-state index contributed by atoms with van der Waals surface area (Å²) in [7, 11) is 0. The van der Waals surface area contributed by atoms with Crippen molar-refractivity contribution in [3.8, 4) is 11.3 Å². The van der Waals surface area contributed by atoms with E-state index in [9.17, 15) is 9.18 Å². The molecule has 3 aromatic rings. The third-order valence-corrected chi connectivity index (χ3v) is 5.83. The fourth-order valence-electron chi connectivity index (χ4n) is 2.50. The Morgan fingerprint density at radius 1 is 1.19 bits per heavy atom. The van der Waals surface area contributed by atoms with Crippen molar-refractivity contribution in [3.05, 3.63) is 65.3 Å². The second-order valence-electron chi connectivity index (χ2n) is 6.08. The van der Waals surface area contributed by atoms with E-state index < -0.39 is 0 Å². The Bertz CT molecular complexity index is 891. The van der Waals surface area contributed by atoms with Gasteiger partial charge in [-0.1, -0.05) is 43.8 Å². The number of rotatable bonds is 6. The molecule has 2 aromatic carbocycles. The SMILES string of the molecule is CC(C)c1ccccc1NC(=O)CSc1nc(-c2ccc(F)cc2)cs1. The first-order valence-corrected chi connectivity index (χ1v) is 10.1. The predicted octanol–water partition coefficient (Wildman–Crippen LogP) is 5.80. The molecule has 0 atom stereocenters. The van der Waals surface area contributed by atoms with Crippen molar-refractivity contribution in [3.63, 3.8) is 0 Å². The number of hydrogen-bond donors (Lipinski definition) is 1. The van der Waals surface area contributed by atoms with E-state index >= 15 is 0 Å². The van der Waals surface area contributed by atoms with Gasteiger partial charge in [0.05, 0.1) is 11.4 Å². The Kier molecular flexibility index (Phi) is 6.06. The molecular formula is C20H19FN2OS2. The van der Waals surface area contributed by atoms with Crippen LogP contribution in [0.3, 0.4) is 0 Å². The van der Waals surface area contributed by atoms with E-state index in [1.807, 2.05) is 29.6 Å². The summed E-state index contributed by atoms with van der Waals surface area (Å²) in [5.74, 6) is 0.318. The Morgan fingerprint density at radius 3 is 2.65 bits per heavy atom. The number of para-hydroxylation sites is 1. The molecule has 6 heteroatoms. The second-order valence-corrected chi connectivity index (χ2v) is 8.16. The number of amides is 1. The molecule has 1 heterocycles. The number of nitrogens with zero attached hydrogens (tertiary/aromatic N) is 1. The fourth-order valence-corrected chi connectivity index (χ4v) is 4.14. The molecule has 0 bridgehead atoms. The molecule has 134 valence electrons. The summed E-state index contributed by atoms with van der Waals surface area (Å²) in [5, 5.41) is 4.90. The molecule has 0 fully saturated rings. The van der Waals surface area contributed by atoms with Gasteiger partial charge in [-0.3, -0.25) is 4.79 Å². The number of carbonyl (C=O) groups excluding carboxylic acids is 1. The maximum atomic E-state index is 13.0. The highest BCUT2D eigenvalue weighted by Gasteiger charge is 2.11. The maximum absolute atomic E-state index is 13.0. The summed E-state index contributed by atoms with van der Waals surface area (Å²) < 4.78 is 13.8. The van der Waals surface area contributed by atoms with Gasteiger partial charge in [0.2, 0.25) is 5.91 Å². The molecule has 1 amide bonds. The topological polar surface area (TPSA) is 42.0 Å². The highest BCUT2D eigenvalue weighted by molar-refractivity contribution is 8.01. The van der Waals surface area contributed by atoms with Gasteiger partial charge in [-0.25, -0.2) is 9.37 Å². The van der Waals surface area contributed by atoms with E-state index in [1.54, 1.807) is 12.1 Å². The summed E-state index contributed by atoms with van der Waals surface area (Å²) in [4.78, 5) is 16.8. The Hall–Kier alpha value is -2.18. The Labute approximate surface area is 160 Å². The number of benzene rings is 2. The Morgan fingerprint density at radius 2 is 1.92 bits per heavy atom. The van der Waals surface area contributed by atoms with Crippen molar-refractivity contribution in [2.45, 2.75) is 24.1 Å². The lowest BCUT2D eigenvalue weighted by molar-refractivity contribution is -0.113. The lowest BCUT2D eigenvalue weighted by atomic mass is 10.0. The average molecular weight is 387 g/mol. The molecule has 0 aliphatic rings. The van der Waals surface area contributed by atoms with Crippen LogP contribution in [0.5, 0.6) is 0 Å². The van der Waals surface area contributed by atoms with Crippen molar-refractivity contribution in [2.24, 2.45) is 0 Å². The van der Waals surface area contributed by atoms with Crippen LogP contribution in [-0.2, 0) is 4.79 Å². The maximum Gasteiger partial charge on any atom is 0.234 e. The van der Waals surface area contributed by atoms with E-state index in [4.69, 9.17) is 0 Å². The summed E-state index contributed by atoms with van der Waals surface area (Å²) in [6.07, 6.45) is 0. The molecule has 1 aromatic heterocycles. The van der Waals surface area contributed by atoms with E-state index in [-0.39, 0.29) is 11.7 Å². The van der Waals surface area contributed by atoms with Crippen molar-refractivity contribution < 1.29 is 9.18 Å². The second kappa shape index (κ2) is 8.47. The molecular weight excluding hydrogens is 367 g/mol. The van der Waals surface area contributed by atoms with Crippen LogP contribution in [0, 0.1) is 5.82 Å². The van der Waals surface area contributed by atoms with Crippen LogP contribution in [0.1, 0.15) is 25.3 Å². The fraction of sp³-hybridized carbons (Fsp3) is 0.200. The van der Waals surface area contributed by atoms with Gasteiger partial charge >= 0.3 is 0 Å². The first-order chi connectivity index (χ1) is 12.5. The molecule has 26 heavy (non-hydrogen) atoms. The normalized spacial score (nSPS) is 10.9. The summed E-state index contributed by atoms with van der Waals surface area (Å²) in [6.45, 7) is 4.21. The molecule has 0 spiro atoms. The first kappa shape index (κ1) is 18.6. The molecule has 0 saturated carbocycles. The van der Waals surface area contributed by atoms with Crippen molar-refractivity contribution in [1.29, 1.82) is 0 Å². The van der Waals surface area contributed by atoms with E-state index in [1.165, 1.54) is 35.2 Å². The number of aromatic nitrogens is 1. The number of nitrogens with one attached hydrogen (secondary N) is 1. The van der Waals surface area contributed by atoms with Crippen molar-refractivity contribution >= 4 is 34.7 Å². The monoisotopic (exact) mass is 386 g/mol. The molecule has 1 N–H and O–H groups in total. The zero-order valence-corrected chi connectivity index (χ0v) is 16.2. The van der Waals surface area contributed by atoms with Crippen LogP contribution < -0.4 is 5.32 Å². The minimum Gasteiger partial charge on any atom is -0.325 e. The summed E-state index contributed by atoms with van der Waals surface area (Å²) in [6, 6.07) is 14.1. The summed E-state index contributed by atoms with van der Waals surface area (Å²) >= 11 is 2.88. The van der Waals surface area contributed by atoms with Crippen LogP contribution in [0.15, 0.2) is 58.3 Å². The molecule has 3 nitrogen and oxygen atoms in total. The van der Waals surface area contributed by atoms with E-state index in [0.29, 0.717) is 11.7 Å². The van der Waals surface area contributed by atoms with Gasteiger partial charge in [0, 0.05) is 16.6 Å². The average Bonchev–Trinajstić information content (AvgIpc) is 3.10. The Balaban J connectivity index is 1.59. The first-order valence-electron chi connectivity index (χ1n) is 8.26. The number of thiazole rings is 1. The van der Waals surface area contributed by atoms with E-state index in [2.05, 4.69) is 24.1 Å². The number of thioether (sulfide) groups is 1. The number of hydrogen-bond acceptors (Lipinski definition) is 4. The molecule has 0 saturated heterocycles.